The second-order valence-electron chi connectivity index (χ2n) is 7.86. The van der Waals surface area contributed by atoms with Gasteiger partial charge in [0.05, 0.1) is 6.54 Å². The molecule has 0 aromatic rings. The lowest BCUT2D eigenvalue weighted by Gasteiger charge is -2.18. The Balaban J connectivity index is 3.58. The van der Waals surface area contributed by atoms with Crippen LogP contribution in [-0.2, 0) is 9.59 Å². The number of ketones is 1. The molecule has 0 heterocycles. The van der Waals surface area contributed by atoms with Crippen molar-refractivity contribution in [1.29, 1.82) is 0 Å². The molecule has 1 amide bonds. The van der Waals surface area contributed by atoms with Gasteiger partial charge in [-0.3, -0.25) is 9.59 Å². The normalized spacial score (nSPS) is 12.3. The number of hydrogen-bond donors (Lipinski definition) is 2. The van der Waals surface area contributed by atoms with Crippen LogP contribution in [0, 0.1) is 10.8 Å². The van der Waals surface area contributed by atoms with Crippen LogP contribution in [-0.4, -0.2) is 31.3 Å². The van der Waals surface area contributed by atoms with E-state index in [1.165, 1.54) is 0 Å². The van der Waals surface area contributed by atoms with Crippen molar-refractivity contribution in [3.05, 3.63) is 0 Å². The highest BCUT2D eigenvalue weighted by Crippen LogP contribution is 2.20. The average molecular weight is 284 g/mol. The quantitative estimate of drug-likeness (QED) is 0.673. The van der Waals surface area contributed by atoms with Gasteiger partial charge in [0.1, 0.15) is 5.78 Å². The van der Waals surface area contributed by atoms with Crippen molar-refractivity contribution in [3.8, 4) is 0 Å². The topological polar surface area (TPSA) is 58.2 Å². The van der Waals surface area contributed by atoms with Gasteiger partial charge in [-0.2, -0.15) is 0 Å². The fourth-order valence-electron chi connectivity index (χ4n) is 1.67. The molecular formula is C16H32N2O2. The molecule has 0 aliphatic rings. The summed E-state index contributed by atoms with van der Waals surface area (Å²) < 4.78 is 0. The Bertz CT molecular complexity index is 311. The lowest BCUT2D eigenvalue weighted by molar-refractivity contribution is -0.122. The summed E-state index contributed by atoms with van der Waals surface area (Å²) in [5.74, 6) is 0.305. The van der Waals surface area contributed by atoms with Crippen molar-refractivity contribution in [3.63, 3.8) is 0 Å². The molecule has 4 heteroatoms. The van der Waals surface area contributed by atoms with Crippen LogP contribution in [0.2, 0.25) is 0 Å². The molecule has 4 nitrogen and oxygen atoms in total. The van der Waals surface area contributed by atoms with Crippen LogP contribution in [0.3, 0.4) is 0 Å². The van der Waals surface area contributed by atoms with E-state index in [1.807, 2.05) is 20.8 Å². The smallest absolute Gasteiger partial charge is 0.220 e. The number of Topliss-reactive ketones (excluding diaryl/α,β-unsaturated/α-hetero) is 1. The van der Waals surface area contributed by atoms with E-state index in [1.54, 1.807) is 0 Å². The van der Waals surface area contributed by atoms with E-state index >= 15 is 0 Å². The predicted octanol–water partition coefficient (Wildman–Crippen LogP) is 2.52. The van der Waals surface area contributed by atoms with E-state index in [9.17, 15) is 9.59 Å². The Hall–Kier alpha value is -0.900. The van der Waals surface area contributed by atoms with Crippen molar-refractivity contribution in [2.45, 2.75) is 60.8 Å². The van der Waals surface area contributed by atoms with E-state index in [0.717, 1.165) is 6.42 Å². The van der Waals surface area contributed by atoms with Crippen LogP contribution in [0.4, 0.5) is 0 Å². The SMILES string of the molecule is CC(C)(C)CCC(=O)CNCCNC(=O)CC(C)(C)C. The maximum Gasteiger partial charge on any atom is 0.220 e. The number of carbonyl (C=O) groups is 2. The van der Waals surface area contributed by atoms with Crippen molar-refractivity contribution < 1.29 is 9.59 Å². The molecule has 0 radical (unpaired) electrons. The zero-order chi connectivity index (χ0) is 15.8. The summed E-state index contributed by atoms with van der Waals surface area (Å²) >= 11 is 0. The van der Waals surface area contributed by atoms with Gasteiger partial charge in [-0.25, -0.2) is 0 Å². The molecule has 0 aliphatic carbocycles. The number of hydrogen-bond acceptors (Lipinski definition) is 3. The van der Waals surface area contributed by atoms with Gasteiger partial charge in [0.2, 0.25) is 5.91 Å². The van der Waals surface area contributed by atoms with Gasteiger partial charge in [0, 0.05) is 25.9 Å². The molecular weight excluding hydrogens is 252 g/mol. The lowest BCUT2D eigenvalue weighted by Crippen LogP contribution is -2.35. The summed E-state index contributed by atoms with van der Waals surface area (Å²) in [6.45, 7) is 14.1. The van der Waals surface area contributed by atoms with Gasteiger partial charge < -0.3 is 10.6 Å². The molecule has 20 heavy (non-hydrogen) atoms. The molecule has 2 N–H and O–H groups in total. The third-order valence-electron chi connectivity index (χ3n) is 2.79. The summed E-state index contributed by atoms with van der Waals surface area (Å²) in [6, 6.07) is 0. The standard InChI is InChI=1S/C16H32N2O2/c1-15(2,3)8-7-13(19)12-17-9-10-18-14(20)11-16(4,5)6/h17H,7-12H2,1-6H3,(H,18,20). The predicted molar refractivity (Wildman–Crippen MR) is 83.6 cm³/mol. The second-order valence-corrected chi connectivity index (χ2v) is 7.86. The molecule has 0 aromatic carbocycles. The van der Waals surface area contributed by atoms with E-state index in [0.29, 0.717) is 32.5 Å². The fourth-order valence-corrected chi connectivity index (χ4v) is 1.67. The first kappa shape index (κ1) is 19.1. The number of nitrogens with one attached hydrogen (secondary N) is 2. The van der Waals surface area contributed by atoms with Crippen LogP contribution in [0.5, 0.6) is 0 Å². The molecule has 118 valence electrons. The zero-order valence-electron chi connectivity index (χ0n) is 14.1. The van der Waals surface area contributed by atoms with Crippen LogP contribution >= 0.6 is 0 Å². The molecule has 0 saturated carbocycles. The largest absolute Gasteiger partial charge is 0.355 e. The molecule has 0 unspecified atom stereocenters. The summed E-state index contributed by atoms with van der Waals surface area (Å²) in [6.07, 6.45) is 2.06. The molecule has 0 bridgehead atoms. The highest BCUT2D eigenvalue weighted by atomic mass is 16.1. The minimum absolute atomic E-state index is 0.0143. The average Bonchev–Trinajstić information content (AvgIpc) is 2.22. The molecule has 0 aliphatic heterocycles. The fraction of sp³-hybridized carbons (Fsp3) is 0.875. The Morgan fingerprint density at radius 2 is 1.50 bits per heavy atom. The van der Waals surface area contributed by atoms with Crippen LogP contribution in [0.1, 0.15) is 60.8 Å². The molecule has 0 aromatic heterocycles. The molecule has 0 spiro atoms. The van der Waals surface area contributed by atoms with Crippen LogP contribution in [0.15, 0.2) is 0 Å². The van der Waals surface area contributed by atoms with Gasteiger partial charge in [0.25, 0.3) is 0 Å². The van der Waals surface area contributed by atoms with E-state index < -0.39 is 0 Å². The maximum absolute atomic E-state index is 11.6. The van der Waals surface area contributed by atoms with Gasteiger partial charge in [-0.15, -0.1) is 0 Å². The van der Waals surface area contributed by atoms with E-state index in [2.05, 4.69) is 31.4 Å². The third kappa shape index (κ3) is 13.5. The van der Waals surface area contributed by atoms with Crippen molar-refractivity contribution in [2.75, 3.05) is 19.6 Å². The summed E-state index contributed by atoms with van der Waals surface area (Å²) in [7, 11) is 0. The van der Waals surface area contributed by atoms with Crippen molar-refractivity contribution in [2.24, 2.45) is 10.8 Å². The monoisotopic (exact) mass is 284 g/mol. The van der Waals surface area contributed by atoms with E-state index in [-0.39, 0.29) is 22.5 Å². The number of carbonyl (C=O) groups excluding carboxylic acids is 2. The maximum atomic E-state index is 11.6. The first-order valence-electron chi connectivity index (χ1n) is 7.49. The van der Waals surface area contributed by atoms with Gasteiger partial charge >= 0.3 is 0 Å². The van der Waals surface area contributed by atoms with Crippen LogP contribution in [0.25, 0.3) is 0 Å². The Morgan fingerprint density at radius 3 is 2.00 bits per heavy atom. The highest BCUT2D eigenvalue weighted by Gasteiger charge is 2.15. The summed E-state index contributed by atoms with van der Waals surface area (Å²) in [4.78, 5) is 23.2. The number of amides is 1. The lowest BCUT2D eigenvalue weighted by atomic mass is 9.89. The second kappa shape index (κ2) is 8.40. The van der Waals surface area contributed by atoms with Gasteiger partial charge in [-0.1, -0.05) is 41.5 Å². The molecule has 0 atom stereocenters. The third-order valence-corrected chi connectivity index (χ3v) is 2.79. The van der Waals surface area contributed by atoms with E-state index in [4.69, 9.17) is 0 Å². The molecule has 0 fully saturated rings. The number of rotatable bonds is 8. The summed E-state index contributed by atoms with van der Waals surface area (Å²) in [5, 5.41) is 5.93. The van der Waals surface area contributed by atoms with Crippen molar-refractivity contribution in [1.82, 2.24) is 10.6 Å². The minimum atomic E-state index is 0.0143. The van der Waals surface area contributed by atoms with Gasteiger partial charge in [-0.05, 0) is 17.3 Å². The first-order chi connectivity index (χ1) is 8.99. The highest BCUT2D eigenvalue weighted by molar-refractivity contribution is 5.80. The molecule has 0 saturated heterocycles. The Morgan fingerprint density at radius 1 is 0.900 bits per heavy atom. The molecule has 0 rings (SSSR count). The summed E-state index contributed by atoms with van der Waals surface area (Å²) in [5.41, 5.74) is 0.219. The zero-order valence-corrected chi connectivity index (χ0v) is 14.1. The Labute approximate surface area is 124 Å². The van der Waals surface area contributed by atoms with Crippen LogP contribution < -0.4 is 10.6 Å². The Kier molecular flexibility index (Phi) is 8.02. The van der Waals surface area contributed by atoms with Crippen molar-refractivity contribution >= 4 is 11.7 Å². The minimum Gasteiger partial charge on any atom is -0.355 e. The first-order valence-corrected chi connectivity index (χ1v) is 7.49. The van der Waals surface area contributed by atoms with Gasteiger partial charge in [0.15, 0.2) is 0 Å².